The number of rotatable bonds is 4. The van der Waals surface area contributed by atoms with E-state index in [9.17, 15) is 4.79 Å². The molecule has 25 heavy (non-hydrogen) atoms. The summed E-state index contributed by atoms with van der Waals surface area (Å²) in [6, 6.07) is 3.51. The molecule has 0 bridgehead atoms. The molecule has 1 aromatic carbocycles. The maximum atomic E-state index is 12.7. The zero-order valence-electron chi connectivity index (χ0n) is 14.4. The third-order valence-electron chi connectivity index (χ3n) is 4.28. The van der Waals surface area contributed by atoms with Crippen molar-refractivity contribution in [1.29, 1.82) is 0 Å². The van der Waals surface area contributed by atoms with Crippen molar-refractivity contribution >= 4 is 45.0 Å². The predicted octanol–water partition coefficient (Wildman–Crippen LogP) is 4.68. The van der Waals surface area contributed by atoms with E-state index < -0.39 is 0 Å². The standard InChI is InChI=1S/C18H21IN2O3S/c1-23-14-9-11(12(19)10-15(14)24-2)17(22)21-18-20-13-7-5-3-4-6-8-16(13)25-18/h9-10H,3-8H2,1-2H3,(H,20,21,22). The number of aromatic nitrogens is 1. The molecule has 1 heterocycles. The zero-order valence-corrected chi connectivity index (χ0v) is 17.3. The second-order valence-corrected chi connectivity index (χ2v) is 8.19. The van der Waals surface area contributed by atoms with Crippen LogP contribution in [0.2, 0.25) is 0 Å². The van der Waals surface area contributed by atoms with Gasteiger partial charge >= 0.3 is 0 Å². The van der Waals surface area contributed by atoms with Gasteiger partial charge in [-0.3, -0.25) is 10.1 Å². The van der Waals surface area contributed by atoms with Crippen LogP contribution in [0.5, 0.6) is 11.5 Å². The Kier molecular flexibility index (Phi) is 6.16. The zero-order chi connectivity index (χ0) is 17.8. The number of carbonyl (C=O) groups excluding carboxylic acids is 1. The molecule has 1 amide bonds. The van der Waals surface area contributed by atoms with Gasteiger partial charge < -0.3 is 9.47 Å². The van der Waals surface area contributed by atoms with Gasteiger partial charge in [0.05, 0.1) is 25.5 Å². The average Bonchev–Trinajstić information content (AvgIpc) is 2.95. The Morgan fingerprint density at radius 3 is 2.52 bits per heavy atom. The fraction of sp³-hybridized carbons (Fsp3) is 0.444. The molecule has 0 fully saturated rings. The lowest BCUT2D eigenvalue weighted by Crippen LogP contribution is -2.14. The van der Waals surface area contributed by atoms with Gasteiger partial charge in [0, 0.05) is 8.45 Å². The van der Waals surface area contributed by atoms with Gasteiger partial charge in [-0.1, -0.05) is 12.8 Å². The van der Waals surface area contributed by atoms with Crippen molar-refractivity contribution in [3.05, 3.63) is 31.8 Å². The number of hydrogen-bond donors (Lipinski definition) is 1. The van der Waals surface area contributed by atoms with E-state index in [0.717, 1.165) is 22.1 Å². The fourth-order valence-electron chi connectivity index (χ4n) is 2.95. The van der Waals surface area contributed by atoms with Crippen LogP contribution >= 0.6 is 33.9 Å². The predicted molar refractivity (Wildman–Crippen MR) is 108 cm³/mol. The number of nitrogens with zero attached hydrogens (tertiary/aromatic N) is 1. The lowest BCUT2D eigenvalue weighted by atomic mass is 10.0. The Hall–Kier alpha value is -1.35. The SMILES string of the molecule is COc1cc(I)c(C(=O)Nc2nc3c(s2)CCCCCC3)cc1OC. The number of methoxy groups -OCH3 is 2. The molecular weight excluding hydrogens is 451 g/mol. The molecule has 2 aromatic rings. The number of carbonyl (C=O) groups is 1. The summed E-state index contributed by atoms with van der Waals surface area (Å²) in [6.07, 6.45) is 7.01. The molecule has 0 unspecified atom stereocenters. The van der Waals surface area contributed by atoms with E-state index in [-0.39, 0.29) is 5.91 Å². The number of aryl methyl sites for hydroxylation is 2. The van der Waals surface area contributed by atoms with Crippen molar-refractivity contribution < 1.29 is 14.3 Å². The third kappa shape index (κ3) is 4.25. The van der Waals surface area contributed by atoms with Gasteiger partial charge in [0.2, 0.25) is 0 Å². The molecule has 0 atom stereocenters. The largest absolute Gasteiger partial charge is 0.493 e. The van der Waals surface area contributed by atoms with Crippen molar-refractivity contribution in [2.75, 3.05) is 19.5 Å². The van der Waals surface area contributed by atoms with Crippen molar-refractivity contribution in [3.8, 4) is 11.5 Å². The van der Waals surface area contributed by atoms with Crippen LogP contribution in [0.15, 0.2) is 12.1 Å². The highest BCUT2D eigenvalue weighted by Gasteiger charge is 2.19. The lowest BCUT2D eigenvalue weighted by Gasteiger charge is -2.11. The lowest BCUT2D eigenvalue weighted by molar-refractivity contribution is 0.102. The molecule has 1 N–H and O–H groups in total. The van der Waals surface area contributed by atoms with E-state index in [1.165, 1.54) is 30.6 Å². The highest BCUT2D eigenvalue weighted by Crippen LogP contribution is 2.33. The third-order valence-corrected chi connectivity index (χ3v) is 6.25. The molecule has 1 aliphatic rings. The number of hydrogen-bond acceptors (Lipinski definition) is 5. The number of ether oxygens (including phenoxy) is 2. The fourth-order valence-corrected chi connectivity index (χ4v) is 4.68. The van der Waals surface area contributed by atoms with E-state index in [0.29, 0.717) is 22.2 Å². The van der Waals surface area contributed by atoms with E-state index in [1.807, 2.05) is 0 Å². The number of halogens is 1. The van der Waals surface area contributed by atoms with Crippen LogP contribution in [-0.4, -0.2) is 25.1 Å². The van der Waals surface area contributed by atoms with Crippen molar-refractivity contribution in [2.24, 2.45) is 0 Å². The second-order valence-electron chi connectivity index (χ2n) is 5.94. The summed E-state index contributed by atoms with van der Waals surface area (Å²) < 4.78 is 11.4. The number of amides is 1. The van der Waals surface area contributed by atoms with Crippen LogP contribution in [0.25, 0.3) is 0 Å². The molecule has 0 spiro atoms. The molecule has 0 saturated carbocycles. The Labute approximate surface area is 165 Å². The first-order valence-electron chi connectivity index (χ1n) is 8.34. The monoisotopic (exact) mass is 472 g/mol. The molecule has 1 aromatic heterocycles. The smallest absolute Gasteiger partial charge is 0.258 e. The molecule has 5 nitrogen and oxygen atoms in total. The molecular formula is C18H21IN2O3S. The minimum atomic E-state index is -0.174. The quantitative estimate of drug-likeness (QED) is 0.657. The first-order valence-corrected chi connectivity index (χ1v) is 10.2. The van der Waals surface area contributed by atoms with Crippen LogP contribution in [0.1, 0.15) is 46.6 Å². The number of thiazole rings is 1. The number of fused-ring (bicyclic) bond motifs is 1. The van der Waals surface area contributed by atoms with E-state index in [1.54, 1.807) is 37.7 Å². The summed E-state index contributed by atoms with van der Waals surface area (Å²) in [5.74, 6) is 0.979. The van der Waals surface area contributed by atoms with E-state index >= 15 is 0 Å². The first-order chi connectivity index (χ1) is 12.1. The van der Waals surface area contributed by atoms with Crippen molar-refractivity contribution in [3.63, 3.8) is 0 Å². The van der Waals surface area contributed by atoms with Crippen LogP contribution < -0.4 is 14.8 Å². The van der Waals surface area contributed by atoms with Gasteiger partial charge in [0.25, 0.3) is 5.91 Å². The summed E-state index contributed by atoms with van der Waals surface area (Å²) >= 11 is 3.74. The maximum Gasteiger partial charge on any atom is 0.258 e. The highest BCUT2D eigenvalue weighted by molar-refractivity contribution is 14.1. The van der Waals surface area contributed by atoms with E-state index in [4.69, 9.17) is 9.47 Å². The van der Waals surface area contributed by atoms with Crippen molar-refractivity contribution in [1.82, 2.24) is 4.98 Å². The summed E-state index contributed by atoms with van der Waals surface area (Å²) in [6.45, 7) is 0. The number of nitrogens with one attached hydrogen (secondary N) is 1. The Morgan fingerprint density at radius 2 is 1.80 bits per heavy atom. The summed E-state index contributed by atoms with van der Waals surface area (Å²) in [5, 5.41) is 3.64. The van der Waals surface area contributed by atoms with Gasteiger partial charge in [0.15, 0.2) is 16.6 Å². The minimum absolute atomic E-state index is 0.174. The molecule has 134 valence electrons. The Balaban J connectivity index is 1.81. The van der Waals surface area contributed by atoms with Crippen LogP contribution in [-0.2, 0) is 12.8 Å². The van der Waals surface area contributed by atoms with Crippen molar-refractivity contribution in [2.45, 2.75) is 38.5 Å². The summed E-state index contributed by atoms with van der Waals surface area (Å²) in [4.78, 5) is 18.7. The van der Waals surface area contributed by atoms with Gasteiger partial charge in [-0.2, -0.15) is 0 Å². The van der Waals surface area contributed by atoms with Gasteiger partial charge in [0.1, 0.15) is 0 Å². The van der Waals surface area contributed by atoms with Gasteiger partial charge in [-0.05, 0) is 60.4 Å². The average molecular weight is 472 g/mol. The Morgan fingerprint density at radius 1 is 1.12 bits per heavy atom. The second kappa shape index (κ2) is 8.35. The molecule has 1 aliphatic carbocycles. The highest BCUT2D eigenvalue weighted by atomic mass is 127. The summed E-state index contributed by atoms with van der Waals surface area (Å²) in [7, 11) is 3.14. The normalized spacial score (nSPS) is 14.2. The van der Waals surface area contributed by atoms with E-state index in [2.05, 4.69) is 32.9 Å². The number of anilines is 1. The molecule has 0 saturated heterocycles. The molecule has 0 aliphatic heterocycles. The topological polar surface area (TPSA) is 60.5 Å². The molecule has 3 rings (SSSR count). The molecule has 7 heteroatoms. The van der Waals surface area contributed by atoms with Gasteiger partial charge in [-0.25, -0.2) is 4.98 Å². The van der Waals surface area contributed by atoms with Crippen LogP contribution in [0.4, 0.5) is 5.13 Å². The van der Waals surface area contributed by atoms with Crippen LogP contribution in [0, 0.1) is 3.57 Å². The summed E-state index contributed by atoms with van der Waals surface area (Å²) in [5.41, 5.74) is 1.71. The van der Waals surface area contributed by atoms with Crippen LogP contribution in [0.3, 0.4) is 0 Å². The maximum absolute atomic E-state index is 12.7. The Bertz CT molecular complexity index is 750. The number of benzene rings is 1. The minimum Gasteiger partial charge on any atom is -0.493 e. The molecule has 0 radical (unpaired) electrons. The van der Waals surface area contributed by atoms with Gasteiger partial charge in [-0.15, -0.1) is 11.3 Å². The first kappa shape index (κ1) is 18.4.